The molecule has 2 aromatic rings. The third-order valence-electron chi connectivity index (χ3n) is 2.55. The van der Waals surface area contributed by atoms with Crippen molar-refractivity contribution in [1.29, 1.82) is 0 Å². The molecule has 0 saturated carbocycles. The molecule has 0 bridgehead atoms. The minimum Gasteiger partial charge on any atom is -0.490 e. The molecule has 0 aliphatic carbocycles. The van der Waals surface area contributed by atoms with Gasteiger partial charge in [0.25, 0.3) is 11.5 Å². The van der Waals surface area contributed by atoms with E-state index in [9.17, 15) is 19.7 Å². The third-order valence-corrected chi connectivity index (χ3v) is 2.55. The van der Waals surface area contributed by atoms with Crippen molar-refractivity contribution < 1.29 is 14.5 Å². The molecule has 108 valence electrons. The molecule has 0 aliphatic heterocycles. The normalized spacial score (nSPS) is 9.95. The van der Waals surface area contributed by atoms with E-state index < -0.39 is 16.4 Å². The van der Waals surface area contributed by atoms with Crippen LogP contribution in [0.4, 0.5) is 11.4 Å². The second-order valence-electron chi connectivity index (χ2n) is 3.90. The number of methoxy groups -OCH3 is 1. The largest absolute Gasteiger partial charge is 0.490 e. The maximum Gasteiger partial charge on any atom is 0.312 e. The number of hydrogen-bond donors (Lipinski definition) is 2. The second-order valence-corrected chi connectivity index (χ2v) is 3.90. The van der Waals surface area contributed by atoms with Crippen LogP contribution in [-0.4, -0.2) is 28.1 Å². The summed E-state index contributed by atoms with van der Waals surface area (Å²) in [6, 6.07) is 6.39. The molecule has 0 saturated heterocycles. The molecule has 0 fully saturated rings. The van der Waals surface area contributed by atoms with E-state index >= 15 is 0 Å². The summed E-state index contributed by atoms with van der Waals surface area (Å²) < 4.78 is 4.86. The summed E-state index contributed by atoms with van der Waals surface area (Å²) in [6.45, 7) is 0. The van der Waals surface area contributed by atoms with Gasteiger partial charge in [-0.25, -0.2) is 5.10 Å². The number of carbonyl (C=O) groups is 1. The number of aromatic amines is 1. The van der Waals surface area contributed by atoms with Crippen molar-refractivity contribution >= 4 is 17.3 Å². The molecule has 0 spiro atoms. The fourth-order valence-electron chi connectivity index (χ4n) is 1.58. The highest BCUT2D eigenvalue weighted by molar-refractivity contribution is 6.02. The first-order chi connectivity index (χ1) is 10.0. The molecule has 0 unspecified atom stereocenters. The zero-order chi connectivity index (χ0) is 15.4. The smallest absolute Gasteiger partial charge is 0.312 e. The molecule has 1 amide bonds. The van der Waals surface area contributed by atoms with E-state index in [1.165, 1.54) is 31.4 Å². The van der Waals surface area contributed by atoms with Gasteiger partial charge in [-0.2, -0.15) is 5.10 Å². The lowest BCUT2D eigenvalue weighted by Crippen LogP contribution is -2.17. The van der Waals surface area contributed by atoms with Crippen molar-refractivity contribution in [2.24, 2.45) is 0 Å². The Labute approximate surface area is 117 Å². The summed E-state index contributed by atoms with van der Waals surface area (Å²) in [6.07, 6.45) is 0. The lowest BCUT2D eigenvalue weighted by atomic mass is 10.2. The molecule has 2 N–H and O–H groups in total. The first-order valence-corrected chi connectivity index (χ1v) is 5.71. The van der Waals surface area contributed by atoms with Gasteiger partial charge in [-0.15, -0.1) is 0 Å². The third kappa shape index (κ3) is 3.21. The van der Waals surface area contributed by atoms with E-state index in [2.05, 4.69) is 15.5 Å². The molecule has 1 aromatic carbocycles. The molecule has 0 atom stereocenters. The maximum atomic E-state index is 11.9. The Morgan fingerprint density at radius 3 is 2.71 bits per heavy atom. The number of rotatable bonds is 4. The van der Waals surface area contributed by atoms with Gasteiger partial charge in [-0.1, -0.05) is 0 Å². The maximum absolute atomic E-state index is 11.9. The van der Waals surface area contributed by atoms with E-state index in [-0.39, 0.29) is 22.8 Å². The van der Waals surface area contributed by atoms with E-state index in [0.29, 0.717) is 0 Å². The van der Waals surface area contributed by atoms with Crippen LogP contribution in [0.25, 0.3) is 0 Å². The van der Waals surface area contributed by atoms with Crippen molar-refractivity contribution in [1.82, 2.24) is 10.2 Å². The van der Waals surface area contributed by atoms with Gasteiger partial charge in [-0.05, 0) is 18.2 Å². The highest BCUT2D eigenvalue weighted by atomic mass is 16.6. The summed E-state index contributed by atoms with van der Waals surface area (Å²) >= 11 is 0. The van der Waals surface area contributed by atoms with Gasteiger partial charge in [0.2, 0.25) is 0 Å². The van der Waals surface area contributed by atoms with Crippen LogP contribution in [0.1, 0.15) is 10.5 Å². The minimum absolute atomic E-state index is 0.0203. The zero-order valence-corrected chi connectivity index (χ0v) is 10.8. The second kappa shape index (κ2) is 5.82. The van der Waals surface area contributed by atoms with E-state index in [0.717, 1.165) is 6.07 Å². The zero-order valence-electron chi connectivity index (χ0n) is 10.8. The van der Waals surface area contributed by atoms with Gasteiger partial charge in [0.05, 0.1) is 12.0 Å². The fourth-order valence-corrected chi connectivity index (χ4v) is 1.58. The number of nitro groups is 1. The summed E-state index contributed by atoms with van der Waals surface area (Å²) in [5, 5.41) is 19.0. The van der Waals surface area contributed by atoms with Gasteiger partial charge in [0, 0.05) is 17.8 Å². The van der Waals surface area contributed by atoms with Crippen molar-refractivity contribution in [2.75, 3.05) is 12.4 Å². The Morgan fingerprint density at radius 1 is 1.38 bits per heavy atom. The lowest BCUT2D eigenvalue weighted by Gasteiger charge is -2.06. The standard InChI is InChI=1S/C12H10N4O5/c1-21-10-4-2-7(6-9(10)16(19)20)13-12(18)8-3-5-11(17)15-14-8/h2-6H,1H3,(H,13,18)(H,15,17). The van der Waals surface area contributed by atoms with Crippen molar-refractivity contribution in [2.45, 2.75) is 0 Å². The molecule has 0 radical (unpaired) electrons. The number of nitrogens with zero attached hydrogens (tertiary/aromatic N) is 2. The van der Waals surface area contributed by atoms with Crippen LogP contribution in [0.2, 0.25) is 0 Å². The summed E-state index contributed by atoms with van der Waals surface area (Å²) in [5.41, 5.74) is -0.523. The van der Waals surface area contributed by atoms with Gasteiger partial charge >= 0.3 is 5.69 Å². The molecule has 1 heterocycles. The van der Waals surface area contributed by atoms with Crippen LogP contribution < -0.4 is 15.6 Å². The molecule has 2 rings (SSSR count). The Bertz CT molecular complexity index is 735. The predicted octanol–water partition coefficient (Wildman–Crippen LogP) is 0.939. The molecule has 9 heteroatoms. The Morgan fingerprint density at radius 2 is 2.14 bits per heavy atom. The SMILES string of the molecule is COc1ccc(NC(=O)c2ccc(=O)[nH]n2)cc1[N+](=O)[O-]. The monoisotopic (exact) mass is 290 g/mol. The lowest BCUT2D eigenvalue weighted by molar-refractivity contribution is -0.385. The molecule has 21 heavy (non-hydrogen) atoms. The Hall–Kier alpha value is -3.23. The highest BCUT2D eigenvalue weighted by Gasteiger charge is 2.16. The molecular weight excluding hydrogens is 280 g/mol. The predicted molar refractivity (Wildman–Crippen MR) is 72.5 cm³/mol. The van der Waals surface area contributed by atoms with Gasteiger partial charge in [-0.3, -0.25) is 19.7 Å². The van der Waals surface area contributed by atoms with Crippen LogP contribution in [0, 0.1) is 10.1 Å². The number of amides is 1. The van der Waals surface area contributed by atoms with Crippen LogP contribution in [-0.2, 0) is 0 Å². The number of carbonyl (C=O) groups excluding carboxylic acids is 1. The quantitative estimate of drug-likeness (QED) is 0.637. The van der Waals surface area contributed by atoms with Crippen molar-refractivity contribution in [3.05, 3.63) is 56.5 Å². The number of aromatic nitrogens is 2. The van der Waals surface area contributed by atoms with Crippen LogP contribution in [0.15, 0.2) is 35.1 Å². The summed E-state index contributed by atoms with van der Waals surface area (Å²) in [7, 11) is 1.31. The number of anilines is 1. The van der Waals surface area contributed by atoms with Gasteiger partial charge in [0.15, 0.2) is 5.75 Å². The Balaban J connectivity index is 2.25. The first kappa shape index (κ1) is 14.2. The first-order valence-electron chi connectivity index (χ1n) is 5.71. The number of H-pyrrole nitrogens is 1. The van der Waals surface area contributed by atoms with E-state index in [1.54, 1.807) is 0 Å². The fraction of sp³-hybridized carbons (Fsp3) is 0.0833. The molecule has 9 nitrogen and oxygen atoms in total. The van der Waals surface area contributed by atoms with Crippen LogP contribution in [0.5, 0.6) is 5.75 Å². The number of nitro benzene ring substituents is 1. The minimum atomic E-state index is -0.618. The Kier molecular flexibility index (Phi) is 3.93. The number of hydrogen-bond acceptors (Lipinski definition) is 6. The van der Waals surface area contributed by atoms with Crippen molar-refractivity contribution in [3.8, 4) is 5.75 Å². The molecule has 0 aliphatic rings. The molecule has 1 aromatic heterocycles. The average Bonchev–Trinajstić information content (AvgIpc) is 2.47. The molecular formula is C12H10N4O5. The van der Waals surface area contributed by atoms with E-state index in [4.69, 9.17) is 4.74 Å². The highest BCUT2D eigenvalue weighted by Crippen LogP contribution is 2.29. The summed E-state index contributed by atoms with van der Waals surface area (Å²) in [5.74, 6) is -0.522. The van der Waals surface area contributed by atoms with Crippen LogP contribution in [0.3, 0.4) is 0 Å². The topological polar surface area (TPSA) is 127 Å². The van der Waals surface area contributed by atoms with Gasteiger partial charge in [0.1, 0.15) is 5.69 Å². The number of ether oxygens (including phenoxy) is 1. The average molecular weight is 290 g/mol. The van der Waals surface area contributed by atoms with E-state index in [1.807, 2.05) is 0 Å². The number of nitrogens with one attached hydrogen (secondary N) is 2. The summed E-state index contributed by atoms with van der Waals surface area (Å²) in [4.78, 5) is 33.0. The van der Waals surface area contributed by atoms with Gasteiger partial charge < -0.3 is 10.1 Å². The van der Waals surface area contributed by atoms with Crippen molar-refractivity contribution in [3.63, 3.8) is 0 Å². The number of benzene rings is 1. The van der Waals surface area contributed by atoms with Crippen LogP contribution >= 0.6 is 0 Å².